The highest BCUT2D eigenvalue weighted by Gasteiger charge is 2.38. The Morgan fingerprint density at radius 1 is 1.29 bits per heavy atom. The Morgan fingerprint density at radius 2 is 1.95 bits per heavy atom. The van der Waals surface area contributed by atoms with Gasteiger partial charge in [-0.3, -0.25) is 9.59 Å². The number of anilines is 1. The van der Waals surface area contributed by atoms with Crippen LogP contribution in [0.4, 0.5) is 5.69 Å². The predicted octanol–water partition coefficient (Wildman–Crippen LogP) is 3.03. The summed E-state index contributed by atoms with van der Waals surface area (Å²) in [6.07, 6.45) is 0.323. The fraction of sp³-hybridized carbons (Fsp3) is 0.500. The normalized spacial score (nSPS) is 20.2. The summed E-state index contributed by atoms with van der Waals surface area (Å²) in [5.74, 6) is -0.124. The third-order valence-electron chi connectivity index (χ3n) is 3.71. The first-order valence-electron chi connectivity index (χ1n) is 7.07. The first-order chi connectivity index (χ1) is 9.70. The van der Waals surface area contributed by atoms with Crippen LogP contribution >= 0.6 is 15.9 Å². The minimum Gasteiger partial charge on any atom is -0.344 e. The zero-order chi connectivity index (χ0) is 15.8. The molecule has 114 valence electrons. The van der Waals surface area contributed by atoms with Crippen molar-refractivity contribution >= 4 is 33.4 Å². The molecule has 1 aliphatic rings. The topological polar surface area (TPSA) is 49.4 Å². The van der Waals surface area contributed by atoms with Gasteiger partial charge >= 0.3 is 0 Å². The second-order valence-electron chi connectivity index (χ2n) is 6.54. The van der Waals surface area contributed by atoms with Crippen LogP contribution in [0.1, 0.15) is 32.8 Å². The van der Waals surface area contributed by atoms with Gasteiger partial charge in [-0.2, -0.15) is 0 Å². The maximum absolute atomic E-state index is 12.8. The molecule has 0 saturated carbocycles. The number of amides is 2. The van der Waals surface area contributed by atoms with Crippen molar-refractivity contribution in [2.24, 2.45) is 5.41 Å². The van der Waals surface area contributed by atoms with Crippen molar-refractivity contribution in [2.75, 3.05) is 11.4 Å². The van der Waals surface area contributed by atoms with Gasteiger partial charge in [-0.1, -0.05) is 42.8 Å². The van der Waals surface area contributed by atoms with Crippen LogP contribution in [0.5, 0.6) is 0 Å². The zero-order valence-electron chi connectivity index (χ0n) is 12.9. The molecule has 0 aliphatic carbocycles. The third-order valence-corrected chi connectivity index (χ3v) is 4.57. The smallest absolute Gasteiger partial charge is 0.250 e. The van der Waals surface area contributed by atoms with Gasteiger partial charge < -0.3 is 10.2 Å². The SMILES string of the molecule is Cc1ccc(N2CCC(=O)NC(C(C)(C)C)C2=O)cc1Br. The van der Waals surface area contributed by atoms with Crippen LogP contribution in [0.2, 0.25) is 0 Å². The zero-order valence-corrected chi connectivity index (χ0v) is 14.5. The lowest BCUT2D eigenvalue weighted by atomic mass is 9.86. The molecule has 2 amide bonds. The summed E-state index contributed by atoms with van der Waals surface area (Å²) in [5, 5.41) is 2.85. The van der Waals surface area contributed by atoms with E-state index in [1.54, 1.807) is 4.90 Å². The van der Waals surface area contributed by atoms with Gasteiger partial charge in [0.15, 0.2) is 0 Å². The molecular weight excluding hydrogens is 332 g/mol. The molecule has 1 unspecified atom stereocenters. The molecule has 1 N–H and O–H groups in total. The minimum absolute atomic E-state index is 0.0518. The van der Waals surface area contributed by atoms with Crippen molar-refractivity contribution in [2.45, 2.75) is 40.2 Å². The molecule has 21 heavy (non-hydrogen) atoms. The molecule has 1 aromatic carbocycles. The van der Waals surface area contributed by atoms with Crippen molar-refractivity contribution in [3.05, 3.63) is 28.2 Å². The van der Waals surface area contributed by atoms with Crippen molar-refractivity contribution in [1.29, 1.82) is 0 Å². The molecule has 0 bridgehead atoms. The number of nitrogens with one attached hydrogen (secondary N) is 1. The molecule has 1 heterocycles. The number of hydrogen-bond donors (Lipinski definition) is 1. The van der Waals surface area contributed by atoms with E-state index in [0.717, 1.165) is 15.7 Å². The van der Waals surface area contributed by atoms with E-state index in [4.69, 9.17) is 0 Å². The van der Waals surface area contributed by atoms with Crippen LogP contribution in [0.15, 0.2) is 22.7 Å². The van der Waals surface area contributed by atoms with Gasteiger partial charge in [0.1, 0.15) is 6.04 Å². The Hall–Kier alpha value is -1.36. The second kappa shape index (κ2) is 5.79. The molecule has 1 atom stereocenters. The van der Waals surface area contributed by atoms with Crippen molar-refractivity contribution < 1.29 is 9.59 Å². The number of hydrogen-bond acceptors (Lipinski definition) is 2. The van der Waals surface area contributed by atoms with Gasteiger partial charge in [0, 0.05) is 23.1 Å². The molecule has 1 saturated heterocycles. The van der Waals surface area contributed by atoms with Gasteiger partial charge in [0.05, 0.1) is 0 Å². The fourth-order valence-electron chi connectivity index (χ4n) is 2.37. The van der Waals surface area contributed by atoms with Crippen LogP contribution in [-0.2, 0) is 9.59 Å². The minimum atomic E-state index is -0.507. The van der Waals surface area contributed by atoms with E-state index in [2.05, 4.69) is 21.2 Å². The van der Waals surface area contributed by atoms with E-state index in [1.165, 1.54) is 0 Å². The molecule has 1 aliphatic heterocycles. The Morgan fingerprint density at radius 3 is 2.52 bits per heavy atom. The van der Waals surface area contributed by atoms with Crippen LogP contribution in [0.3, 0.4) is 0 Å². The van der Waals surface area contributed by atoms with E-state index in [9.17, 15) is 9.59 Å². The largest absolute Gasteiger partial charge is 0.344 e. The molecule has 2 rings (SSSR count). The van der Waals surface area contributed by atoms with Crippen LogP contribution in [0.25, 0.3) is 0 Å². The Balaban J connectivity index is 2.39. The Kier molecular flexibility index (Phi) is 4.42. The number of halogens is 1. The average molecular weight is 353 g/mol. The van der Waals surface area contributed by atoms with Crippen molar-refractivity contribution in [3.8, 4) is 0 Å². The van der Waals surface area contributed by atoms with E-state index in [0.29, 0.717) is 13.0 Å². The van der Waals surface area contributed by atoms with Gasteiger partial charge in [-0.15, -0.1) is 0 Å². The fourth-order valence-corrected chi connectivity index (χ4v) is 2.73. The molecule has 0 aromatic heterocycles. The monoisotopic (exact) mass is 352 g/mol. The molecule has 4 nitrogen and oxygen atoms in total. The van der Waals surface area contributed by atoms with Crippen LogP contribution < -0.4 is 10.2 Å². The van der Waals surface area contributed by atoms with Crippen LogP contribution in [-0.4, -0.2) is 24.4 Å². The average Bonchev–Trinajstić information content (AvgIpc) is 2.52. The van der Waals surface area contributed by atoms with Gasteiger partial charge in [0.25, 0.3) is 0 Å². The Bertz CT molecular complexity index is 578. The second-order valence-corrected chi connectivity index (χ2v) is 7.39. The first-order valence-corrected chi connectivity index (χ1v) is 7.86. The van der Waals surface area contributed by atoms with Crippen molar-refractivity contribution in [3.63, 3.8) is 0 Å². The van der Waals surface area contributed by atoms with Gasteiger partial charge in [0.2, 0.25) is 11.8 Å². The summed E-state index contributed by atoms with van der Waals surface area (Å²) >= 11 is 3.50. The highest BCUT2D eigenvalue weighted by Crippen LogP contribution is 2.28. The Labute approximate surface area is 134 Å². The lowest BCUT2D eigenvalue weighted by Crippen LogP contribution is -2.52. The first kappa shape index (κ1) is 16.0. The van der Waals surface area contributed by atoms with E-state index in [-0.39, 0.29) is 17.2 Å². The summed E-state index contributed by atoms with van der Waals surface area (Å²) < 4.78 is 0.962. The third kappa shape index (κ3) is 3.46. The molecule has 1 aromatic rings. The maximum atomic E-state index is 12.8. The van der Waals surface area contributed by atoms with Crippen LogP contribution in [0, 0.1) is 12.3 Å². The number of carbonyl (C=O) groups excluding carboxylic acids is 2. The molecule has 0 radical (unpaired) electrons. The maximum Gasteiger partial charge on any atom is 0.250 e. The molecule has 0 spiro atoms. The van der Waals surface area contributed by atoms with E-state index in [1.807, 2.05) is 45.9 Å². The number of nitrogens with zero attached hydrogens (tertiary/aromatic N) is 1. The van der Waals surface area contributed by atoms with E-state index < -0.39 is 6.04 Å². The summed E-state index contributed by atoms with van der Waals surface area (Å²) in [7, 11) is 0. The number of benzene rings is 1. The number of rotatable bonds is 1. The highest BCUT2D eigenvalue weighted by molar-refractivity contribution is 9.10. The number of aryl methyl sites for hydroxylation is 1. The van der Waals surface area contributed by atoms with E-state index >= 15 is 0 Å². The molecule has 1 fully saturated rings. The van der Waals surface area contributed by atoms with Crippen molar-refractivity contribution in [1.82, 2.24) is 5.32 Å². The quantitative estimate of drug-likeness (QED) is 0.844. The summed E-state index contributed by atoms with van der Waals surface area (Å²) in [6.45, 7) is 8.30. The summed E-state index contributed by atoms with van der Waals surface area (Å²) in [6, 6.07) is 5.32. The molecular formula is C16H21BrN2O2. The summed E-state index contributed by atoms with van der Waals surface area (Å²) in [5.41, 5.74) is 1.61. The number of carbonyl (C=O) groups is 2. The van der Waals surface area contributed by atoms with Gasteiger partial charge in [-0.05, 0) is 30.0 Å². The van der Waals surface area contributed by atoms with Gasteiger partial charge in [-0.25, -0.2) is 0 Å². The predicted molar refractivity (Wildman–Crippen MR) is 87.2 cm³/mol. The molecule has 5 heteroatoms. The standard InChI is InChI=1S/C16H21BrN2O2/c1-10-5-6-11(9-12(10)17)19-8-7-13(20)18-14(15(19)21)16(2,3)4/h5-6,9,14H,7-8H2,1-4H3,(H,18,20). The lowest BCUT2D eigenvalue weighted by molar-refractivity contribution is -0.127. The highest BCUT2D eigenvalue weighted by atomic mass is 79.9. The lowest BCUT2D eigenvalue weighted by Gasteiger charge is -2.32. The summed E-state index contributed by atoms with van der Waals surface area (Å²) in [4.78, 5) is 26.4.